The third kappa shape index (κ3) is 6.30. The summed E-state index contributed by atoms with van der Waals surface area (Å²) in [4.78, 5) is 38.3. The summed E-state index contributed by atoms with van der Waals surface area (Å²) in [7, 11) is -3.73. The normalized spacial score (nSPS) is 14.1. The van der Waals surface area contributed by atoms with E-state index in [2.05, 4.69) is 5.32 Å². The fourth-order valence-electron chi connectivity index (χ4n) is 4.13. The first-order chi connectivity index (χ1) is 18.2. The number of rotatable bonds is 8. The minimum Gasteiger partial charge on any atom is -0.452 e. The number of hydrogen-bond donors (Lipinski definition) is 1. The van der Waals surface area contributed by atoms with E-state index in [1.54, 1.807) is 36.4 Å². The Balaban J connectivity index is 1.43. The van der Waals surface area contributed by atoms with E-state index < -0.39 is 28.5 Å². The van der Waals surface area contributed by atoms with Gasteiger partial charge in [-0.05, 0) is 44.0 Å². The number of halogens is 1. The molecular weight excluding hydrogens is 528 g/mol. The van der Waals surface area contributed by atoms with Crippen LogP contribution in [0.1, 0.15) is 51.1 Å². The first-order valence-corrected chi connectivity index (χ1v) is 14.0. The van der Waals surface area contributed by atoms with Crippen molar-refractivity contribution >= 4 is 45.0 Å². The number of sulfonamides is 1. The Morgan fingerprint density at radius 3 is 2.26 bits per heavy atom. The van der Waals surface area contributed by atoms with Crippen molar-refractivity contribution in [2.45, 2.75) is 31.1 Å². The van der Waals surface area contributed by atoms with Gasteiger partial charge in [0.2, 0.25) is 10.0 Å². The second kappa shape index (κ2) is 11.9. The van der Waals surface area contributed by atoms with E-state index in [9.17, 15) is 22.8 Å². The molecule has 38 heavy (non-hydrogen) atoms. The first kappa shape index (κ1) is 27.5. The topological polar surface area (TPSA) is 110 Å². The predicted octanol–water partition coefficient (Wildman–Crippen LogP) is 4.85. The highest BCUT2D eigenvalue weighted by Gasteiger charge is 2.27. The fraction of sp³-hybridized carbons (Fsp3) is 0.250. The SMILES string of the molecule is Cc1ccc(C(=O)c2ccccc2C(=O)OCC(=O)Nc2cc(S(=O)(=O)N3CCCCC3)ccc2Cl)cc1. The van der Waals surface area contributed by atoms with Crippen molar-refractivity contribution < 1.29 is 27.5 Å². The van der Waals surface area contributed by atoms with Crippen LogP contribution in [0.3, 0.4) is 0 Å². The van der Waals surface area contributed by atoms with Crippen LogP contribution in [0.4, 0.5) is 5.69 Å². The number of ether oxygens (including phenoxy) is 1. The largest absolute Gasteiger partial charge is 0.452 e. The van der Waals surface area contributed by atoms with Gasteiger partial charge in [0.05, 0.1) is 21.2 Å². The van der Waals surface area contributed by atoms with E-state index in [0.29, 0.717) is 18.7 Å². The van der Waals surface area contributed by atoms with Gasteiger partial charge in [-0.3, -0.25) is 9.59 Å². The van der Waals surface area contributed by atoms with Crippen LogP contribution in [0.2, 0.25) is 5.02 Å². The molecule has 1 heterocycles. The lowest BCUT2D eigenvalue weighted by molar-refractivity contribution is -0.119. The molecule has 1 aliphatic rings. The number of carbonyl (C=O) groups excluding carboxylic acids is 3. The Hall–Kier alpha value is -3.53. The zero-order valence-electron chi connectivity index (χ0n) is 20.8. The molecule has 1 amide bonds. The lowest BCUT2D eigenvalue weighted by Gasteiger charge is -2.26. The van der Waals surface area contributed by atoms with E-state index in [-0.39, 0.29) is 32.5 Å². The van der Waals surface area contributed by atoms with Gasteiger partial charge in [-0.1, -0.05) is 66.0 Å². The van der Waals surface area contributed by atoms with Crippen LogP contribution in [-0.2, 0) is 19.6 Å². The molecule has 8 nitrogen and oxygen atoms in total. The van der Waals surface area contributed by atoms with Gasteiger partial charge in [0.15, 0.2) is 12.4 Å². The number of hydrogen-bond acceptors (Lipinski definition) is 6. The van der Waals surface area contributed by atoms with Gasteiger partial charge in [0.25, 0.3) is 5.91 Å². The van der Waals surface area contributed by atoms with Crippen molar-refractivity contribution in [2.24, 2.45) is 0 Å². The van der Waals surface area contributed by atoms with Crippen molar-refractivity contribution in [2.75, 3.05) is 25.0 Å². The number of nitrogens with one attached hydrogen (secondary N) is 1. The maximum atomic E-state index is 13.0. The molecule has 1 aliphatic heterocycles. The molecule has 4 rings (SSSR count). The third-order valence-corrected chi connectivity index (χ3v) is 8.43. The Kier molecular flexibility index (Phi) is 8.61. The molecule has 1 fully saturated rings. The summed E-state index contributed by atoms with van der Waals surface area (Å²) in [5.41, 5.74) is 1.68. The average Bonchev–Trinajstić information content (AvgIpc) is 2.93. The molecule has 1 saturated heterocycles. The van der Waals surface area contributed by atoms with Gasteiger partial charge in [-0.25, -0.2) is 13.2 Å². The fourth-order valence-corrected chi connectivity index (χ4v) is 5.84. The summed E-state index contributed by atoms with van der Waals surface area (Å²) in [5, 5.41) is 2.64. The minimum absolute atomic E-state index is 0.0136. The van der Waals surface area contributed by atoms with E-state index in [1.807, 2.05) is 6.92 Å². The van der Waals surface area contributed by atoms with Crippen molar-refractivity contribution in [1.29, 1.82) is 0 Å². The van der Waals surface area contributed by atoms with Crippen LogP contribution < -0.4 is 5.32 Å². The maximum absolute atomic E-state index is 13.0. The zero-order valence-corrected chi connectivity index (χ0v) is 22.3. The lowest BCUT2D eigenvalue weighted by atomic mass is 9.98. The average molecular weight is 555 g/mol. The Bertz CT molecular complexity index is 1460. The highest BCUT2D eigenvalue weighted by Crippen LogP contribution is 2.28. The van der Waals surface area contributed by atoms with Gasteiger partial charge >= 0.3 is 5.97 Å². The molecule has 0 radical (unpaired) electrons. The summed E-state index contributed by atoms with van der Waals surface area (Å²) < 4.78 is 32.6. The smallest absolute Gasteiger partial charge is 0.339 e. The van der Waals surface area contributed by atoms with Crippen molar-refractivity contribution in [3.63, 3.8) is 0 Å². The van der Waals surface area contributed by atoms with E-state index >= 15 is 0 Å². The third-order valence-electron chi connectivity index (χ3n) is 6.20. The van der Waals surface area contributed by atoms with Crippen LogP contribution in [0.5, 0.6) is 0 Å². The second-order valence-electron chi connectivity index (χ2n) is 8.97. The number of esters is 1. The van der Waals surface area contributed by atoms with E-state index in [4.69, 9.17) is 16.3 Å². The maximum Gasteiger partial charge on any atom is 0.339 e. The monoisotopic (exact) mass is 554 g/mol. The first-order valence-electron chi connectivity index (χ1n) is 12.1. The van der Waals surface area contributed by atoms with Gasteiger partial charge < -0.3 is 10.1 Å². The van der Waals surface area contributed by atoms with Crippen molar-refractivity contribution in [1.82, 2.24) is 4.31 Å². The number of anilines is 1. The highest BCUT2D eigenvalue weighted by molar-refractivity contribution is 7.89. The van der Waals surface area contributed by atoms with Crippen LogP contribution in [0, 0.1) is 6.92 Å². The number of benzene rings is 3. The van der Waals surface area contributed by atoms with Gasteiger partial charge in [0.1, 0.15) is 0 Å². The molecule has 3 aromatic rings. The van der Waals surface area contributed by atoms with Crippen molar-refractivity contribution in [3.05, 3.63) is 94.0 Å². The molecule has 0 aromatic heterocycles. The number of amides is 1. The van der Waals surface area contributed by atoms with Crippen LogP contribution in [0.25, 0.3) is 0 Å². The number of carbonyl (C=O) groups is 3. The molecule has 0 bridgehead atoms. The Morgan fingerprint density at radius 1 is 0.921 bits per heavy atom. The van der Waals surface area contributed by atoms with Crippen molar-refractivity contribution in [3.8, 4) is 0 Å². The summed E-state index contributed by atoms with van der Waals surface area (Å²) in [6.45, 7) is 2.12. The molecule has 3 aromatic carbocycles. The van der Waals surface area contributed by atoms with Crippen LogP contribution in [-0.4, -0.2) is 50.1 Å². The molecule has 10 heteroatoms. The van der Waals surface area contributed by atoms with Crippen LogP contribution in [0.15, 0.2) is 71.6 Å². The molecule has 1 N–H and O–H groups in total. The Labute approximate surface area is 226 Å². The molecule has 0 unspecified atom stereocenters. The number of piperidine rings is 1. The van der Waals surface area contributed by atoms with Crippen LogP contribution >= 0.6 is 11.6 Å². The van der Waals surface area contributed by atoms with Gasteiger partial charge in [-0.2, -0.15) is 4.31 Å². The quantitative estimate of drug-likeness (QED) is 0.315. The highest BCUT2D eigenvalue weighted by atomic mass is 35.5. The second-order valence-corrected chi connectivity index (χ2v) is 11.3. The summed E-state index contributed by atoms with van der Waals surface area (Å²) in [6, 6.07) is 17.2. The summed E-state index contributed by atoms with van der Waals surface area (Å²) in [5.74, 6) is -1.90. The molecule has 0 atom stereocenters. The number of nitrogens with zero attached hydrogens (tertiary/aromatic N) is 1. The minimum atomic E-state index is -3.73. The van der Waals surface area contributed by atoms with Gasteiger partial charge in [-0.15, -0.1) is 0 Å². The number of aryl methyl sites for hydroxylation is 1. The number of ketones is 1. The molecule has 0 aliphatic carbocycles. The summed E-state index contributed by atoms with van der Waals surface area (Å²) >= 11 is 6.19. The molecular formula is C28H27ClN2O6S. The Morgan fingerprint density at radius 2 is 1.58 bits per heavy atom. The summed E-state index contributed by atoms with van der Waals surface area (Å²) in [6.07, 6.45) is 2.57. The van der Waals surface area contributed by atoms with E-state index in [0.717, 1.165) is 24.8 Å². The zero-order chi connectivity index (χ0) is 27.3. The predicted molar refractivity (Wildman–Crippen MR) is 144 cm³/mol. The molecule has 198 valence electrons. The van der Waals surface area contributed by atoms with Gasteiger partial charge in [0, 0.05) is 24.2 Å². The molecule has 0 saturated carbocycles. The standard InChI is InChI=1S/C28H27ClN2O6S/c1-19-9-11-20(12-10-19)27(33)22-7-3-4-8-23(22)28(34)37-18-26(32)30-25-17-21(13-14-24(25)29)38(35,36)31-15-5-2-6-16-31/h3-4,7-14,17H,2,5-6,15-16,18H2,1H3,(H,30,32). The molecule has 0 spiro atoms. The van der Waals surface area contributed by atoms with E-state index in [1.165, 1.54) is 34.6 Å². The lowest BCUT2D eigenvalue weighted by Crippen LogP contribution is -2.35.